The topological polar surface area (TPSA) is 81.8 Å². The smallest absolute Gasteiger partial charge is 0.267 e. The van der Waals surface area contributed by atoms with Gasteiger partial charge in [-0.15, -0.1) is 5.10 Å². The van der Waals surface area contributed by atoms with Gasteiger partial charge < -0.3 is 5.32 Å². The minimum Gasteiger partial charge on any atom is -0.324 e. The van der Waals surface area contributed by atoms with Crippen molar-refractivity contribution in [3.8, 4) is 5.82 Å². The van der Waals surface area contributed by atoms with Crippen LogP contribution in [0.4, 0.5) is 5.69 Å². The number of rotatable bonds is 4. The van der Waals surface area contributed by atoms with Crippen molar-refractivity contribution in [1.82, 2.24) is 19.6 Å². The van der Waals surface area contributed by atoms with Gasteiger partial charge in [0.1, 0.15) is 6.04 Å². The van der Waals surface area contributed by atoms with Crippen LogP contribution in [0.15, 0.2) is 53.6 Å². The molecule has 25 heavy (non-hydrogen) atoms. The Morgan fingerprint density at radius 1 is 1.16 bits per heavy atom. The predicted molar refractivity (Wildman–Crippen MR) is 94.9 cm³/mol. The van der Waals surface area contributed by atoms with Crippen LogP contribution in [0.2, 0.25) is 0 Å². The van der Waals surface area contributed by atoms with Crippen molar-refractivity contribution < 1.29 is 4.79 Å². The monoisotopic (exact) mass is 337 g/mol. The third-order valence-electron chi connectivity index (χ3n) is 3.79. The molecule has 2 aromatic heterocycles. The SMILES string of the molecule is Cc1cc(C)cc(NC(=O)C(C)n2nc(-n3cccn3)ccc2=O)c1. The van der Waals surface area contributed by atoms with Gasteiger partial charge in [-0.1, -0.05) is 6.07 Å². The van der Waals surface area contributed by atoms with E-state index in [0.717, 1.165) is 15.8 Å². The van der Waals surface area contributed by atoms with E-state index in [1.54, 1.807) is 31.5 Å². The first-order valence-corrected chi connectivity index (χ1v) is 7.93. The number of hydrogen-bond acceptors (Lipinski definition) is 4. The summed E-state index contributed by atoms with van der Waals surface area (Å²) in [5, 5.41) is 11.2. The quantitative estimate of drug-likeness (QED) is 0.791. The number of anilines is 1. The van der Waals surface area contributed by atoms with Gasteiger partial charge in [0.2, 0.25) is 5.91 Å². The van der Waals surface area contributed by atoms with Crippen LogP contribution in [0.1, 0.15) is 24.1 Å². The van der Waals surface area contributed by atoms with Crippen LogP contribution < -0.4 is 10.9 Å². The largest absolute Gasteiger partial charge is 0.324 e. The van der Waals surface area contributed by atoms with Gasteiger partial charge >= 0.3 is 0 Å². The molecule has 0 spiro atoms. The Morgan fingerprint density at radius 3 is 2.52 bits per heavy atom. The number of carbonyl (C=O) groups excluding carboxylic acids is 1. The second-order valence-corrected chi connectivity index (χ2v) is 5.97. The summed E-state index contributed by atoms with van der Waals surface area (Å²) < 4.78 is 2.69. The van der Waals surface area contributed by atoms with Crippen LogP contribution >= 0.6 is 0 Å². The number of nitrogens with one attached hydrogen (secondary N) is 1. The maximum Gasteiger partial charge on any atom is 0.267 e. The number of nitrogens with zero attached hydrogens (tertiary/aromatic N) is 4. The lowest BCUT2D eigenvalue weighted by molar-refractivity contribution is -0.119. The number of aromatic nitrogens is 4. The summed E-state index contributed by atoms with van der Waals surface area (Å²) in [7, 11) is 0. The van der Waals surface area contributed by atoms with Crippen molar-refractivity contribution >= 4 is 11.6 Å². The average molecular weight is 337 g/mol. The summed E-state index contributed by atoms with van der Waals surface area (Å²) in [4.78, 5) is 24.7. The van der Waals surface area contributed by atoms with Crippen molar-refractivity contribution in [3.63, 3.8) is 0 Å². The molecular formula is C18H19N5O2. The Bertz CT molecular complexity index is 940. The fourth-order valence-corrected chi connectivity index (χ4v) is 2.62. The van der Waals surface area contributed by atoms with Gasteiger partial charge in [0, 0.05) is 24.1 Å². The molecule has 1 unspecified atom stereocenters. The summed E-state index contributed by atoms with van der Waals surface area (Å²) in [6, 6.07) is 9.74. The number of amides is 1. The molecule has 1 amide bonds. The Kier molecular flexibility index (Phi) is 4.47. The van der Waals surface area contributed by atoms with Gasteiger partial charge in [-0.25, -0.2) is 9.36 Å². The first-order chi connectivity index (χ1) is 11.9. The average Bonchev–Trinajstić information content (AvgIpc) is 3.08. The Morgan fingerprint density at radius 2 is 1.88 bits per heavy atom. The normalized spacial score (nSPS) is 12.0. The molecule has 0 bridgehead atoms. The number of hydrogen-bond donors (Lipinski definition) is 1. The van der Waals surface area contributed by atoms with E-state index in [0.29, 0.717) is 11.5 Å². The lowest BCUT2D eigenvalue weighted by Crippen LogP contribution is -2.33. The first-order valence-electron chi connectivity index (χ1n) is 7.93. The molecule has 7 nitrogen and oxygen atoms in total. The molecule has 0 aliphatic heterocycles. The van der Waals surface area contributed by atoms with Crippen LogP contribution in [-0.4, -0.2) is 25.5 Å². The van der Waals surface area contributed by atoms with Crippen LogP contribution in [0, 0.1) is 13.8 Å². The van der Waals surface area contributed by atoms with E-state index in [4.69, 9.17) is 0 Å². The van der Waals surface area contributed by atoms with Crippen molar-refractivity contribution in [2.24, 2.45) is 0 Å². The first kappa shape index (κ1) is 16.6. The molecule has 2 heterocycles. The van der Waals surface area contributed by atoms with Crippen molar-refractivity contribution in [1.29, 1.82) is 0 Å². The van der Waals surface area contributed by atoms with E-state index in [1.165, 1.54) is 10.7 Å². The zero-order chi connectivity index (χ0) is 18.0. The van der Waals surface area contributed by atoms with Crippen molar-refractivity contribution in [3.05, 3.63) is 70.3 Å². The maximum absolute atomic E-state index is 12.6. The van der Waals surface area contributed by atoms with E-state index >= 15 is 0 Å². The number of benzene rings is 1. The molecule has 0 saturated heterocycles. The third-order valence-corrected chi connectivity index (χ3v) is 3.79. The summed E-state index contributed by atoms with van der Waals surface area (Å²) in [6.45, 7) is 5.57. The molecule has 1 atom stereocenters. The molecule has 128 valence electrons. The standard InChI is InChI=1S/C18H19N5O2/c1-12-9-13(2)11-15(10-12)20-18(25)14(3)23-17(24)6-5-16(21-23)22-8-4-7-19-22/h4-11,14H,1-3H3,(H,20,25). The van der Waals surface area contributed by atoms with Gasteiger partial charge in [0.15, 0.2) is 5.82 Å². The minimum absolute atomic E-state index is 0.308. The van der Waals surface area contributed by atoms with Crippen molar-refractivity contribution in [2.75, 3.05) is 5.32 Å². The maximum atomic E-state index is 12.6. The van der Waals surface area contributed by atoms with Crippen LogP contribution in [0.5, 0.6) is 0 Å². The lowest BCUT2D eigenvalue weighted by Gasteiger charge is -2.15. The highest BCUT2D eigenvalue weighted by Crippen LogP contribution is 2.15. The predicted octanol–water partition coefficient (Wildman–Crippen LogP) is 2.25. The van der Waals surface area contributed by atoms with Crippen LogP contribution in [-0.2, 0) is 4.79 Å². The second kappa shape index (κ2) is 6.72. The molecule has 3 rings (SSSR count). The molecular weight excluding hydrogens is 318 g/mol. The van der Waals surface area contributed by atoms with Gasteiger partial charge in [-0.2, -0.15) is 5.10 Å². The molecule has 0 fully saturated rings. The van der Waals surface area contributed by atoms with Crippen LogP contribution in [0.25, 0.3) is 5.82 Å². The highest BCUT2D eigenvalue weighted by atomic mass is 16.2. The molecule has 7 heteroatoms. The summed E-state index contributed by atoms with van der Waals surface area (Å²) in [6.07, 6.45) is 3.34. The molecule has 3 aromatic rings. The molecule has 0 aliphatic rings. The summed E-state index contributed by atoms with van der Waals surface area (Å²) >= 11 is 0. The minimum atomic E-state index is -0.760. The third kappa shape index (κ3) is 3.65. The van der Waals surface area contributed by atoms with E-state index in [2.05, 4.69) is 15.5 Å². The van der Waals surface area contributed by atoms with E-state index < -0.39 is 6.04 Å². The zero-order valence-electron chi connectivity index (χ0n) is 14.3. The molecule has 0 radical (unpaired) electrons. The van der Waals surface area contributed by atoms with Crippen molar-refractivity contribution in [2.45, 2.75) is 26.8 Å². The lowest BCUT2D eigenvalue weighted by atomic mass is 10.1. The van der Waals surface area contributed by atoms with E-state index in [9.17, 15) is 9.59 Å². The molecule has 1 aromatic carbocycles. The Balaban J connectivity index is 1.87. The number of aryl methyl sites for hydroxylation is 2. The Hall–Kier alpha value is -3.22. The number of carbonyl (C=O) groups is 1. The van der Waals surface area contributed by atoms with Gasteiger partial charge in [-0.3, -0.25) is 9.59 Å². The van der Waals surface area contributed by atoms with Gasteiger partial charge in [0.25, 0.3) is 5.56 Å². The van der Waals surface area contributed by atoms with Gasteiger partial charge in [0.05, 0.1) is 0 Å². The highest BCUT2D eigenvalue weighted by Gasteiger charge is 2.18. The molecule has 0 aliphatic carbocycles. The van der Waals surface area contributed by atoms with E-state index in [-0.39, 0.29) is 11.5 Å². The van der Waals surface area contributed by atoms with E-state index in [1.807, 2.05) is 32.0 Å². The van der Waals surface area contributed by atoms with Crippen LogP contribution in [0.3, 0.4) is 0 Å². The van der Waals surface area contributed by atoms with Gasteiger partial charge in [-0.05, 0) is 56.2 Å². The molecule has 0 saturated carbocycles. The second-order valence-electron chi connectivity index (χ2n) is 5.97. The zero-order valence-corrected chi connectivity index (χ0v) is 14.3. The summed E-state index contributed by atoms with van der Waals surface area (Å²) in [5.41, 5.74) is 2.46. The Labute approximate surface area is 144 Å². The fourth-order valence-electron chi connectivity index (χ4n) is 2.62. The molecule has 1 N–H and O–H groups in total. The summed E-state index contributed by atoms with van der Waals surface area (Å²) in [5.74, 6) is 0.160. The fraction of sp³-hybridized carbons (Fsp3) is 0.222. The highest BCUT2D eigenvalue weighted by molar-refractivity contribution is 5.93.